The van der Waals surface area contributed by atoms with Crippen molar-refractivity contribution in [3.8, 4) is 0 Å². The summed E-state index contributed by atoms with van der Waals surface area (Å²) in [6.45, 7) is 0. The number of rotatable bonds is 3. The summed E-state index contributed by atoms with van der Waals surface area (Å²) in [5, 5.41) is 0. The minimum absolute atomic E-state index is 0.00652. The Kier molecular flexibility index (Phi) is 4.70. The van der Waals surface area contributed by atoms with E-state index in [1.54, 1.807) is 6.08 Å². The zero-order valence-corrected chi connectivity index (χ0v) is 14.7. The van der Waals surface area contributed by atoms with Gasteiger partial charge in [0.25, 0.3) is 5.91 Å². The van der Waals surface area contributed by atoms with Crippen molar-refractivity contribution in [1.29, 1.82) is 0 Å². The molecule has 0 N–H and O–H groups in total. The molecule has 1 atom stereocenters. The normalized spacial score (nSPS) is 25.8. The van der Waals surface area contributed by atoms with Crippen LogP contribution in [0.2, 0.25) is 0 Å². The molecule has 2 heterocycles. The zero-order valence-electron chi connectivity index (χ0n) is 12.2. The van der Waals surface area contributed by atoms with E-state index in [4.69, 9.17) is 12.2 Å². The van der Waals surface area contributed by atoms with Gasteiger partial charge in [0.1, 0.15) is 4.32 Å². The standard InChI is InChI=1S/C16H15NO3S3/c18-15-14(8-4-7-12-5-2-1-3-6-12)22-16(21)17(15)13-9-10-23(19,20)11-13/h1-8,13H,9-11H2. The minimum atomic E-state index is -3.05. The number of benzene rings is 1. The maximum atomic E-state index is 12.5. The third kappa shape index (κ3) is 3.73. The van der Waals surface area contributed by atoms with E-state index in [1.165, 1.54) is 16.7 Å². The van der Waals surface area contributed by atoms with Gasteiger partial charge in [-0.3, -0.25) is 9.69 Å². The Bertz CT molecular complexity index is 797. The monoisotopic (exact) mass is 365 g/mol. The molecule has 2 aliphatic heterocycles. The minimum Gasteiger partial charge on any atom is -0.289 e. The summed E-state index contributed by atoms with van der Waals surface area (Å²) >= 11 is 6.49. The third-order valence-electron chi connectivity index (χ3n) is 3.73. The summed E-state index contributed by atoms with van der Waals surface area (Å²) in [4.78, 5) is 14.5. The number of allylic oxidation sites excluding steroid dienone is 2. The Labute approximate surface area is 145 Å². The molecule has 2 saturated heterocycles. The number of thioether (sulfide) groups is 1. The van der Waals surface area contributed by atoms with Crippen molar-refractivity contribution in [2.24, 2.45) is 0 Å². The van der Waals surface area contributed by atoms with Crippen LogP contribution in [0, 0.1) is 0 Å². The number of carbonyl (C=O) groups is 1. The summed E-state index contributed by atoms with van der Waals surface area (Å²) in [6.07, 6.45) is 5.91. The zero-order chi connectivity index (χ0) is 16.4. The van der Waals surface area contributed by atoms with Gasteiger partial charge >= 0.3 is 0 Å². The van der Waals surface area contributed by atoms with Crippen LogP contribution in [0.15, 0.2) is 47.4 Å². The van der Waals surface area contributed by atoms with E-state index in [9.17, 15) is 13.2 Å². The van der Waals surface area contributed by atoms with Crippen molar-refractivity contribution in [2.45, 2.75) is 12.5 Å². The highest BCUT2D eigenvalue weighted by atomic mass is 32.2. The van der Waals surface area contributed by atoms with Crippen molar-refractivity contribution in [3.63, 3.8) is 0 Å². The van der Waals surface area contributed by atoms with E-state index >= 15 is 0 Å². The van der Waals surface area contributed by atoms with Crippen LogP contribution in [0.25, 0.3) is 6.08 Å². The smallest absolute Gasteiger partial charge is 0.266 e. The molecule has 0 spiro atoms. The fourth-order valence-corrected chi connectivity index (χ4v) is 5.65. The molecule has 1 aromatic rings. The SMILES string of the molecule is O=C1C(=CC=Cc2ccccc2)SC(=S)N1C1CCS(=O)(=O)C1. The van der Waals surface area contributed by atoms with Gasteiger partial charge in [-0.1, -0.05) is 66.5 Å². The summed E-state index contributed by atoms with van der Waals surface area (Å²) in [7, 11) is -3.05. The van der Waals surface area contributed by atoms with Crippen LogP contribution in [-0.2, 0) is 14.6 Å². The molecule has 120 valence electrons. The van der Waals surface area contributed by atoms with Crippen molar-refractivity contribution < 1.29 is 13.2 Å². The van der Waals surface area contributed by atoms with Crippen LogP contribution in [0.1, 0.15) is 12.0 Å². The average Bonchev–Trinajstić information content (AvgIpc) is 3.00. The molecule has 3 rings (SSSR count). The Morgan fingerprint density at radius 1 is 1.26 bits per heavy atom. The van der Waals surface area contributed by atoms with Crippen LogP contribution in [0.4, 0.5) is 0 Å². The largest absolute Gasteiger partial charge is 0.289 e. The predicted octanol–water partition coefficient (Wildman–Crippen LogP) is 2.63. The third-order valence-corrected chi connectivity index (χ3v) is 6.83. The van der Waals surface area contributed by atoms with Gasteiger partial charge in [0.15, 0.2) is 9.84 Å². The summed E-state index contributed by atoms with van der Waals surface area (Å²) in [5.41, 5.74) is 1.04. The molecule has 2 aliphatic rings. The van der Waals surface area contributed by atoms with Crippen molar-refractivity contribution >= 4 is 50.1 Å². The maximum Gasteiger partial charge on any atom is 0.266 e. The van der Waals surface area contributed by atoms with Gasteiger partial charge in [-0.05, 0) is 18.1 Å². The van der Waals surface area contributed by atoms with Gasteiger partial charge in [-0.25, -0.2) is 8.42 Å². The molecule has 0 radical (unpaired) electrons. The highest BCUT2D eigenvalue weighted by Crippen LogP contribution is 2.35. The van der Waals surface area contributed by atoms with Crippen LogP contribution in [0.5, 0.6) is 0 Å². The molecule has 2 fully saturated rings. The number of hydrogen-bond acceptors (Lipinski definition) is 5. The molecule has 0 aliphatic carbocycles. The molecular formula is C16H15NO3S3. The first-order valence-corrected chi connectivity index (χ1v) is 10.2. The quantitative estimate of drug-likeness (QED) is 0.609. The van der Waals surface area contributed by atoms with Crippen LogP contribution in [0.3, 0.4) is 0 Å². The summed E-state index contributed by atoms with van der Waals surface area (Å²) in [6, 6.07) is 9.45. The molecule has 4 nitrogen and oxygen atoms in total. The number of nitrogens with zero attached hydrogens (tertiary/aromatic N) is 1. The van der Waals surface area contributed by atoms with Crippen molar-refractivity contribution in [1.82, 2.24) is 4.90 Å². The van der Waals surface area contributed by atoms with Gasteiger partial charge in [0.05, 0.1) is 22.5 Å². The highest BCUT2D eigenvalue weighted by Gasteiger charge is 2.41. The lowest BCUT2D eigenvalue weighted by Gasteiger charge is -2.20. The molecule has 0 aromatic heterocycles. The summed E-state index contributed by atoms with van der Waals surface area (Å²) in [5.74, 6) is -0.0614. The summed E-state index contributed by atoms with van der Waals surface area (Å²) < 4.78 is 23.7. The van der Waals surface area contributed by atoms with Crippen LogP contribution >= 0.6 is 24.0 Å². The first-order chi connectivity index (χ1) is 11.0. The highest BCUT2D eigenvalue weighted by molar-refractivity contribution is 8.26. The van der Waals surface area contributed by atoms with E-state index < -0.39 is 9.84 Å². The molecule has 0 saturated carbocycles. The number of sulfone groups is 1. The van der Waals surface area contributed by atoms with Gasteiger partial charge < -0.3 is 0 Å². The lowest BCUT2D eigenvalue weighted by molar-refractivity contribution is -0.123. The van der Waals surface area contributed by atoms with Crippen molar-refractivity contribution in [3.05, 3.63) is 53.0 Å². The van der Waals surface area contributed by atoms with Gasteiger partial charge in [-0.2, -0.15) is 0 Å². The van der Waals surface area contributed by atoms with E-state index in [2.05, 4.69) is 0 Å². The van der Waals surface area contributed by atoms with E-state index in [0.717, 1.165) is 5.56 Å². The van der Waals surface area contributed by atoms with E-state index in [-0.39, 0.29) is 23.5 Å². The van der Waals surface area contributed by atoms with Crippen LogP contribution < -0.4 is 0 Å². The molecule has 1 amide bonds. The topological polar surface area (TPSA) is 54.5 Å². The van der Waals surface area contributed by atoms with Crippen LogP contribution in [-0.4, -0.2) is 41.1 Å². The first kappa shape index (κ1) is 16.4. The second-order valence-corrected chi connectivity index (χ2v) is 9.31. The Morgan fingerprint density at radius 3 is 2.65 bits per heavy atom. The molecule has 23 heavy (non-hydrogen) atoms. The number of amides is 1. The van der Waals surface area contributed by atoms with E-state index in [1.807, 2.05) is 42.5 Å². The number of carbonyl (C=O) groups excluding carboxylic acids is 1. The Morgan fingerprint density at radius 2 is 2.00 bits per heavy atom. The fourth-order valence-electron chi connectivity index (χ4n) is 2.60. The second kappa shape index (κ2) is 6.59. The lowest BCUT2D eigenvalue weighted by atomic mass is 10.2. The van der Waals surface area contributed by atoms with E-state index in [0.29, 0.717) is 15.6 Å². The Balaban J connectivity index is 1.74. The predicted molar refractivity (Wildman–Crippen MR) is 97.7 cm³/mol. The average molecular weight is 366 g/mol. The van der Waals surface area contributed by atoms with Gasteiger partial charge in [0, 0.05) is 0 Å². The van der Waals surface area contributed by atoms with Gasteiger partial charge in [0.2, 0.25) is 0 Å². The molecule has 1 aromatic carbocycles. The van der Waals surface area contributed by atoms with Crippen molar-refractivity contribution in [2.75, 3.05) is 11.5 Å². The lowest BCUT2D eigenvalue weighted by Crippen LogP contribution is -2.39. The molecule has 0 bridgehead atoms. The molecule has 7 heteroatoms. The Hall–Kier alpha value is -1.44. The second-order valence-electron chi connectivity index (χ2n) is 5.40. The first-order valence-electron chi connectivity index (χ1n) is 7.15. The fraction of sp³-hybridized carbons (Fsp3) is 0.250. The van der Waals surface area contributed by atoms with Gasteiger partial charge in [-0.15, -0.1) is 0 Å². The number of thiocarbonyl (C=S) groups is 1. The molecule has 1 unspecified atom stereocenters. The number of hydrogen-bond donors (Lipinski definition) is 0. The molecular weight excluding hydrogens is 350 g/mol. The maximum absolute atomic E-state index is 12.5.